The van der Waals surface area contributed by atoms with E-state index in [4.69, 9.17) is 15.6 Å². The summed E-state index contributed by atoms with van der Waals surface area (Å²) in [7, 11) is 1.51. The average molecular weight is 525 g/mol. The maximum absolute atomic E-state index is 13.9. The minimum absolute atomic E-state index is 0.0666. The summed E-state index contributed by atoms with van der Waals surface area (Å²) in [5, 5.41) is 7.51. The maximum atomic E-state index is 13.9. The Hall–Kier alpha value is -4.64. The molecule has 5 aromatic heterocycles. The lowest BCUT2D eigenvalue weighted by Crippen LogP contribution is -2.21. The van der Waals surface area contributed by atoms with Crippen molar-refractivity contribution >= 4 is 33.0 Å². The van der Waals surface area contributed by atoms with Crippen LogP contribution in [0, 0.1) is 13.8 Å². The SMILES string of the molecule is COc1ncc(-c2nn([C@@H](C)c3cc4scc(C)n4c(=O)c3-c3cccc(C)c3)c3ncnc(N)c23)cn1. The lowest BCUT2D eigenvalue weighted by Gasteiger charge is -2.18. The molecular weight excluding hydrogens is 500 g/mol. The van der Waals surface area contributed by atoms with Gasteiger partial charge in [0.2, 0.25) is 0 Å². The molecule has 1 aromatic carbocycles. The van der Waals surface area contributed by atoms with Crippen LogP contribution in [-0.4, -0.2) is 41.2 Å². The molecule has 0 unspecified atom stereocenters. The minimum Gasteiger partial charge on any atom is -0.467 e. The van der Waals surface area contributed by atoms with Crippen LogP contribution in [0.3, 0.4) is 0 Å². The second-order valence-corrected chi connectivity index (χ2v) is 9.97. The number of hydrogen-bond donors (Lipinski definition) is 1. The van der Waals surface area contributed by atoms with Gasteiger partial charge in [0.25, 0.3) is 5.56 Å². The van der Waals surface area contributed by atoms with E-state index in [0.717, 1.165) is 27.2 Å². The van der Waals surface area contributed by atoms with E-state index < -0.39 is 0 Å². The lowest BCUT2D eigenvalue weighted by molar-refractivity contribution is 0.380. The highest BCUT2D eigenvalue weighted by Gasteiger charge is 2.25. The summed E-state index contributed by atoms with van der Waals surface area (Å²) in [4.78, 5) is 32.0. The summed E-state index contributed by atoms with van der Waals surface area (Å²) in [6.45, 7) is 5.96. The first-order chi connectivity index (χ1) is 18.4. The maximum Gasteiger partial charge on any atom is 0.316 e. The molecular formula is C27H24N8O2S. The Morgan fingerprint density at radius 3 is 2.58 bits per heavy atom. The Labute approximate surface area is 221 Å². The predicted octanol–water partition coefficient (Wildman–Crippen LogP) is 4.44. The fraction of sp³-hybridized carbons (Fsp3) is 0.185. The van der Waals surface area contributed by atoms with Crippen LogP contribution in [0.1, 0.15) is 29.8 Å². The Balaban J connectivity index is 1.62. The third kappa shape index (κ3) is 3.70. The first-order valence-electron chi connectivity index (χ1n) is 11.9. The van der Waals surface area contributed by atoms with Crippen LogP contribution < -0.4 is 16.0 Å². The lowest BCUT2D eigenvalue weighted by atomic mass is 9.96. The number of aryl methyl sites for hydroxylation is 2. The van der Waals surface area contributed by atoms with Gasteiger partial charge in [-0.25, -0.2) is 24.6 Å². The van der Waals surface area contributed by atoms with Crippen LogP contribution in [0.5, 0.6) is 6.01 Å². The van der Waals surface area contributed by atoms with E-state index in [-0.39, 0.29) is 17.6 Å². The summed E-state index contributed by atoms with van der Waals surface area (Å²) in [5.41, 5.74) is 12.3. The van der Waals surface area contributed by atoms with Crippen molar-refractivity contribution in [3.05, 3.63) is 81.6 Å². The molecule has 0 saturated heterocycles. The van der Waals surface area contributed by atoms with Crippen LogP contribution in [-0.2, 0) is 0 Å². The zero-order chi connectivity index (χ0) is 26.6. The van der Waals surface area contributed by atoms with Crippen LogP contribution >= 0.6 is 11.3 Å². The smallest absolute Gasteiger partial charge is 0.316 e. The van der Waals surface area contributed by atoms with Gasteiger partial charge in [-0.3, -0.25) is 9.20 Å². The molecule has 10 nitrogen and oxygen atoms in total. The van der Waals surface area contributed by atoms with Gasteiger partial charge < -0.3 is 10.5 Å². The zero-order valence-electron chi connectivity index (χ0n) is 21.2. The topological polar surface area (TPSA) is 126 Å². The first-order valence-corrected chi connectivity index (χ1v) is 12.8. The number of nitrogen functional groups attached to an aromatic ring is 1. The van der Waals surface area contributed by atoms with Crippen molar-refractivity contribution < 1.29 is 4.74 Å². The number of hydrogen-bond acceptors (Lipinski definition) is 9. The predicted molar refractivity (Wildman–Crippen MR) is 148 cm³/mol. The summed E-state index contributed by atoms with van der Waals surface area (Å²) < 4.78 is 8.65. The van der Waals surface area contributed by atoms with Gasteiger partial charge in [0.05, 0.1) is 24.1 Å². The minimum atomic E-state index is -0.365. The Kier molecular flexibility index (Phi) is 5.64. The molecule has 6 rings (SSSR count). The van der Waals surface area contributed by atoms with Gasteiger partial charge in [0, 0.05) is 29.0 Å². The second-order valence-electron chi connectivity index (χ2n) is 9.09. The molecule has 0 radical (unpaired) electrons. The third-order valence-electron chi connectivity index (χ3n) is 6.63. The van der Waals surface area contributed by atoms with Gasteiger partial charge in [0.1, 0.15) is 22.7 Å². The van der Waals surface area contributed by atoms with Crippen molar-refractivity contribution in [2.45, 2.75) is 26.8 Å². The van der Waals surface area contributed by atoms with E-state index in [1.54, 1.807) is 21.5 Å². The number of aromatic nitrogens is 7. The van der Waals surface area contributed by atoms with Crippen molar-refractivity contribution in [2.24, 2.45) is 0 Å². The molecule has 0 aliphatic carbocycles. The summed E-state index contributed by atoms with van der Waals surface area (Å²) in [6, 6.07) is 9.93. The number of fused-ring (bicyclic) bond motifs is 2. The molecule has 6 aromatic rings. The summed E-state index contributed by atoms with van der Waals surface area (Å²) in [5.74, 6) is 0.294. The van der Waals surface area contributed by atoms with Crippen LogP contribution in [0.15, 0.2) is 59.2 Å². The number of nitrogens with zero attached hydrogens (tertiary/aromatic N) is 7. The molecule has 1 atom stereocenters. The molecule has 0 fully saturated rings. The molecule has 38 heavy (non-hydrogen) atoms. The molecule has 5 heterocycles. The summed E-state index contributed by atoms with van der Waals surface area (Å²) >= 11 is 1.53. The quantitative estimate of drug-likeness (QED) is 0.351. The molecule has 0 aliphatic rings. The Bertz CT molecular complexity index is 1890. The van der Waals surface area contributed by atoms with Crippen molar-refractivity contribution in [3.63, 3.8) is 0 Å². The highest BCUT2D eigenvalue weighted by atomic mass is 32.1. The van der Waals surface area contributed by atoms with Crippen molar-refractivity contribution in [1.82, 2.24) is 34.1 Å². The second kappa shape index (κ2) is 9.03. The van der Waals surface area contributed by atoms with Gasteiger partial charge >= 0.3 is 6.01 Å². The molecule has 0 aliphatic heterocycles. The number of pyridine rings is 1. The van der Waals surface area contributed by atoms with E-state index in [9.17, 15) is 4.79 Å². The van der Waals surface area contributed by atoms with Crippen LogP contribution in [0.4, 0.5) is 5.82 Å². The Morgan fingerprint density at radius 2 is 1.84 bits per heavy atom. The molecule has 0 bridgehead atoms. The van der Waals surface area contributed by atoms with Crippen molar-refractivity contribution in [1.29, 1.82) is 0 Å². The fourth-order valence-electron chi connectivity index (χ4n) is 4.79. The molecule has 0 spiro atoms. The third-order valence-corrected chi connectivity index (χ3v) is 7.63. The number of methoxy groups -OCH3 is 1. The highest BCUT2D eigenvalue weighted by molar-refractivity contribution is 7.15. The largest absolute Gasteiger partial charge is 0.467 e. The number of thiazole rings is 1. The highest BCUT2D eigenvalue weighted by Crippen LogP contribution is 2.36. The molecule has 2 N–H and O–H groups in total. The van der Waals surface area contributed by atoms with Crippen LogP contribution in [0.25, 0.3) is 38.2 Å². The monoisotopic (exact) mass is 524 g/mol. The number of rotatable bonds is 5. The van der Waals surface area contributed by atoms with Gasteiger partial charge in [0.15, 0.2) is 5.65 Å². The van der Waals surface area contributed by atoms with Crippen LogP contribution in [0.2, 0.25) is 0 Å². The molecule has 0 amide bonds. The standard InChI is InChI=1S/C27H24N8O2S/c1-14-6-5-7-17(8-14)21-19(9-20-34(26(21)36)15(2)12-38-20)16(3)35-25-22(24(28)31-13-32-25)23(33-35)18-10-29-27(37-4)30-11-18/h5-13,16H,1-4H3,(H2,28,31,32)/t16-/m0/s1. The van der Waals surface area contributed by atoms with E-state index in [1.165, 1.54) is 24.8 Å². The molecule has 0 saturated carbocycles. The number of anilines is 1. The van der Waals surface area contributed by atoms with E-state index in [0.29, 0.717) is 33.7 Å². The number of nitrogens with two attached hydrogens (primary N) is 1. The van der Waals surface area contributed by atoms with E-state index in [1.807, 2.05) is 50.4 Å². The molecule has 11 heteroatoms. The number of benzene rings is 1. The number of ether oxygens (including phenoxy) is 1. The van der Waals surface area contributed by atoms with Crippen molar-refractivity contribution in [2.75, 3.05) is 12.8 Å². The van der Waals surface area contributed by atoms with Gasteiger partial charge in [-0.05, 0) is 38.0 Å². The van der Waals surface area contributed by atoms with Gasteiger partial charge in [-0.1, -0.05) is 29.8 Å². The normalized spacial score (nSPS) is 12.3. The van der Waals surface area contributed by atoms with Gasteiger partial charge in [-0.15, -0.1) is 11.3 Å². The molecule has 190 valence electrons. The average Bonchev–Trinajstić information content (AvgIpc) is 3.50. The summed E-state index contributed by atoms with van der Waals surface area (Å²) in [6.07, 6.45) is 4.67. The first kappa shape index (κ1) is 23.7. The van der Waals surface area contributed by atoms with Crippen molar-refractivity contribution in [3.8, 4) is 28.4 Å². The Morgan fingerprint density at radius 1 is 1.05 bits per heavy atom. The van der Waals surface area contributed by atoms with E-state index >= 15 is 0 Å². The van der Waals surface area contributed by atoms with Gasteiger partial charge in [-0.2, -0.15) is 5.10 Å². The fourth-order valence-corrected chi connectivity index (χ4v) is 5.71. The van der Waals surface area contributed by atoms with E-state index in [2.05, 4.69) is 26.0 Å². The zero-order valence-corrected chi connectivity index (χ0v) is 22.0.